The van der Waals surface area contributed by atoms with Crippen LogP contribution in [0.4, 0.5) is 0 Å². The summed E-state index contributed by atoms with van der Waals surface area (Å²) in [5, 5.41) is 23.5. The lowest BCUT2D eigenvalue weighted by Crippen LogP contribution is -2.45. The summed E-state index contributed by atoms with van der Waals surface area (Å²) >= 11 is 0. The summed E-state index contributed by atoms with van der Waals surface area (Å²) in [7, 11) is 0. The van der Waals surface area contributed by atoms with Crippen molar-refractivity contribution in [3.05, 3.63) is 12.2 Å². The Morgan fingerprint density at radius 2 is 0.580 bits per heavy atom. The molecule has 6 heteroatoms. The molecule has 0 aliphatic carbocycles. The first-order valence-electron chi connectivity index (χ1n) is 37.4. The van der Waals surface area contributed by atoms with Crippen LogP contribution in [-0.2, 0) is 14.3 Å². The van der Waals surface area contributed by atoms with Crippen LogP contribution in [0.3, 0.4) is 0 Å². The van der Waals surface area contributed by atoms with Crippen molar-refractivity contribution >= 4 is 11.9 Å². The molecule has 2 unspecified atom stereocenters. The first-order chi connectivity index (χ1) is 40.0. The molecule has 1 amide bonds. The van der Waals surface area contributed by atoms with E-state index < -0.39 is 12.1 Å². The highest BCUT2D eigenvalue weighted by atomic mass is 16.5. The number of allylic oxidation sites excluding steroid dienone is 2. The first kappa shape index (κ1) is 79.6. The molecule has 2 atom stereocenters. The molecule has 0 aliphatic heterocycles. The van der Waals surface area contributed by atoms with Crippen LogP contribution in [0.1, 0.15) is 431 Å². The minimum Gasteiger partial charge on any atom is -0.466 e. The van der Waals surface area contributed by atoms with Crippen molar-refractivity contribution in [1.29, 1.82) is 0 Å². The minimum atomic E-state index is -0.663. The van der Waals surface area contributed by atoms with E-state index in [9.17, 15) is 19.8 Å². The number of ether oxygens (including phenoxy) is 1. The van der Waals surface area contributed by atoms with Gasteiger partial charge in [-0.2, -0.15) is 0 Å². The van der Waals surface area contributed by atoms with Gasteiger partial charge >= 0.3 is 5.97 Å². The monoisotopic (exact) mass is 1140 g/mol. The SMILES string of the molecule is CCCCC/C=C\CCCCCCCC(=O)OCCCCCCCCCCCCCCCCCCCCCCCCCCCCCC(=O)NC(CO)C(O)CCCCCCCCCCCCCCCCCCCCCCCCCCC. The van der Waals surface area contributed by atoms with Gasteiger partial charge in [0, 0.05) is 12.8 Å². The van der Waals surface area contributed by atoms with E-state index in [1.807, 2.05) is 0 Å². The number of esters is 1. The van der Waals surface area contributed by atoms with E-state index in [0.717, 1.165) is 44.9 Å². The second-order valence-electron chi connectivity index (χ2n) is 26.0. The quantitative estimate of drug-likeness (QED) is 0.0320. The van der Waals surface area contributed by atoms with E-state index in [-0.39, 0.29) is 18.5 Å². The van der Waals surface area contributed by atoms with Gasteiger partial charge in [-0.25, -0.2) is 0 Å². The predicted molar refractivity (Wildman–Crippen MR) is 357 cm³/mol. The van der Waals surface area contributed by atoms with E-state index in [4.69, 9.17) is 4.74 Å². The molecule has 482 valence electrons. The number of rotatable bonds is 71. The van der Waals surface area contributed by atoms with Gasteiger partial charge in [-0.1, -0.05) is 379 Å². The maximum absolute atomic E-state index is 12.6. The molecule has 0 aliphatic rings. The lowest BCUT2D eigenvalue weighted by molar-refractivity contribution is -0.143. The van der Waals surface area contributed by atoms with Crippen LogP contribution in [0.5, 0.6) is 0 Å². The van der Waals surface area contributed by atoms with E-state index in [2.05, 4.69) is 31.3 Å². The summed E-state index contributed by atoms with van der Waals surface area (Å²) in [6.45, 7) is 4.98. The maximum atomic E-state index is 12.6. The van der Waals surface area contributed by atoms with Crippen molar-refractivity contribution in [1.82, 2.24) is 5.32 Å². The molecule has 0 heterocycles. The number of unbranched alkanes of at least 4 members (excludes halogenated alkanes) is 58. The average Bonchev–Trinajstić information content (AvgIpc) is 3.47. The molecule has 0 aromatic carbocycles. The van der Waals surface area contributed by atoms with Crippen LogP contribution in [0.25, 0.3) is 0 Å². The lowest BCUT2D eigenvalue weighted by atomic mass is 10.0. The number of hydrogen-bond acceptors (Lipinski definition) is 5. The molecule has 0 rings (SSSR count). The Bertz CT molecular complexity index is 1220. The summed E-state index contributed by atoms with van der Waals surface area (Å²) in [6.07, 6.45) is 88.5. The van der Waals surface area contributed by atoms with Gasteiger partial charge < -0.3 is 20.3 Å². The molecular formula is C75H147NO5. The van der Waals surface area contributed by atoms with Crippen molar-refractivity contribution < 1.29 is 24.5 Å². The van der Waals surface area contributed by atoms with Crippen molar-refractivity contribution in [3.8, 4) is 0 Å². The van der Waals surface area contributed by atoms with E-state index in [1.165, 1.54) is 353 Å². The molecule has 0 aromatic rings. The zero-order valence-electron chi connectivity index (χ0n) is 55.3. The number of carbonyl (C=O) groups is 2. The van der Waals surface area contributed by atoms with Gasteiger partial charge in [0.2, 0.25) is 5.91 Å². The highest BCUT2D eigenvalue weighted by Gasteiger charge is 2.20. The molecule has 0 radical (unpaired) electrons. The van der Waals surface area contributed by atoms with Crippen LogP contribution in [0, 0.1) is 0 Å². The smallest absolute Gasteiger partial charge is 0.305 e. The fourth-order valence-corrected chi connectivity index (χ4v) is 12.1. The fourth-order valence-electron chi connectivity index (χ4n) is 12.1. The van der Waals surface area contributed by atoms with Crippen molar-refractivity contribution in [3.63, 3.8) is 0 Å². The van der Waals surface area contributed by atoms with Gasteiger partial charge in [0.05, 0.1) is 25.4 Å². The molecule has 0 saturated carbocycles. The van der Waals surface area contributed by atoms with Crippen LogP contribution in [-0.4, -0.2) is 47.4 Å². The molecule has 0 spiro atoms. The number of amides is 1. The molecule has 0 bridgehead atoms. The molecule has 0 aromatic heterocycles. The Kier molecular flexibility index (Phi) is 69.9. The Morgan fingerprint density at radius 1 is 0.333 bits per heavy atom. The largest absolute Gasteiger partial charge is 0.466 e. The Hall–Kier alpha value is -1.40. The van der Waals surface area contributed by atoms with E-state index in [1.54, 1.807) is 0 Å². The standard InChI is InChI=1S/C75H147NO5/c1-3-5-7-9-11-13-15-17-18-19-20-21-22-26-29-32-35-38-41-44-47-51-55-59-63-67-73(78)72(71-77)76-74(79)68-64-60-56-52-48-45-42-39-36-33-30-27-24-23-25-28-31-34-37-40-43-46-50-54-58-62-66-70-81-75(80)69-65-61-57-53-49-16-14-12-10-8-6-4-2/h12,14,72-73,77-78H,3-11,13,15-71H2,1-2H3,(H,76,79)/b14-12-. The number of aliphatic hydroxyl groups is 2. The number of carbonyl (C=O) groups excluding carboxylic acids is 2. The fraction of sp³-hybridized carbons (Fsp3) is 0.947. The Balaban J connectivity index is 3.35. The number of hydrogen-bond donors (Lipinski definition) is 3. The zero-order valence-corrected chi connectivity index (χ0v) is 55.3. The van der Waals surface area contributed by atoms with Gasteiger partial charge in [-0.05, 0) is 51.4 Å². The zero-order chi connectivity index (χ0) is 58.5. The molecule has 3 N–H and O–H groups in total. The van der Waals surface area contributed by atoms with Crippen LogP contribution < -0.4 is 5.32 Å². The number of nitrogens with one attached hydrogen (secondary N) is 1. The van der Waals surface area contributed by atoms with Crippen LogP contribution >= 0.6 is 0 Å². The first-order valence-corrected chi connectivity index (χ1v) is 37.4. The lowest BCUT2D eigenvalue weighted by Gasteiger charge is -2.22. The Morgan fingerprint density at radius 3 is 0.901 bits per heavy atom. The van der Waals surface area contributed by atoms with Gasteiger partial charge in [0.25, 0.3) is 0 Å². The summed E-state index contributed by atoms with van der Waals surface area (Å²) in [4.78, 5) is 24.6. The second-order valence-corrected chi connectivity index (χ2v) is 26.0. The third kappa shape index (κ3) is 67.6. The summed E-state index contributed by atoms with van der Waals surface area (Å²) in [6, 6.07) is -0.540. The van der Waals surface area contributed by atoms with Gasteiger partial charge in [0.1, 0.15) is 0 Å². The minimum absolute atomic E-state index is 0.00912. The summed E-state index contributed by atoms with van der Waals surface area (Å²) in [5.74, 6) is -0.0173. The predicted octanol–water partition coefficient (Wildman–Crippen LogP) is 24.3. The molecule has 81 heavy (non-hydrogen) atoms. The third-order valence-electron chi connectivity index (χ3n) is 17.8. The topological polar surface area (TPSA) is 95.9 Å². The van der Waals surface area contributed by atoms with E-state index in [0.29, 0.717) is 25.9 Å². The highest BCUT2D eigenvalue weighted by molar-refractivity contribution is 5.76. The summed E-state index contributed by atoms with van der Waals surface area (Å²) in [5.41, 5.74) is 0. The van der Waals surface area contributed by atoms with Crippen molar-refractivity contribution in [2.45, 2.75) is 443 Å². The molecule has 0 saturated heterocycles. The Labute approximate surface area is 508 Å². The maximum Gasteiger partial charge on any atom is 0.305 e. The van der Waals surface area contributed by atoms with Crippen LogP contribution in [0.2, 0.25) is 0 Å². The summed E-state index contributed by atoms with van der Waals surface area (Å²) < 4.78 is 5.48. The molecular weight excluding hydrogens is 995 g/mol. The average molecular weight is 1140 g/mol. The van der Waals surface area contributed by atoms with Gasteiger partial charge in [-0.3, -0.25) is 9.59 Å². The van der Waals surface area contributed by atoms with Crippen molar-refractivity contribution in [2.75, 3.05) is 13.2 Å². The number of aliphatic hydroxyl groups excluding tert-OH is 2. The van der Waals surface area contributed by atoms with Crippen LogP contribution in [0.15, 0.2) is 12.2 Å². The second kappa shape index (κ2) is 71.1. The normalized spacial score (nSPS) is 12.5. The molecule has 6 nitrogen and oxygen atoms in total. The third-order valence-corrected chi connectivity index (χ3v) is 17.8. The van der Waals surface area contributed by atoms with E-state index >= 15 is 0 Å². The van der Waals surface area contributed by atoms with Gasteiger partial charge in [0.15, 0.2) is 0 Å². The van der Waals surface area contributed by atoms with Gasteiger partial charge in [-0.15, -0.1) is 0 Å². The molecule has 0 fully saturated rings. The highest BCUT2D eigenvalue weighted by Crippen LogP contribution is 2.20. The van der Waals surface area contributed by atoms with Crippen molar-refractivity contribution in [2.24, 2.45) is 0 Å².